The Morgan fingerprint density at radius 1 is 1.39 bits per heavy atom. The number of aliphatic hydroxyl groups is 1. The molecule has 1 aromatic carbocycles. The molecule has 0 aliphatic carbocycles. The van der Waals surface area contributed by atoms with E-state index >= 15 is 0 Å². The van der Waals surface area contributed by atoms with Crippen molar-refractivity contribution in [3.63, 3.8) is 0 Å². The number of carbonyl (C=O) groups is 1. The molecular formula is C15H14F4O4. The molecule has 2 rings (SSSR count). The zero-order valence-corrected chi connectivity index (χ0v) is 12.1. The van der Waals surface area contributed by atoms with E-state index in [1.165, 1.54) is 25.1 Å². The Morgan fingerprint density at radius 2 is 2.09 bits per heavy atom. The Labute approximate surface area is 128 Å². The number of hydrogen-bond acceptors (Lipinski definition) is 4. The summed E-state index contributed by atoms with van der Waals surface area (Å²) in [4.78, 5) is 11.6. The molecule has 1 aliphatic rings. The monoisotopic (exact) mass is 334 g/mol. The van der Waals surface area contributed by atoms with Crippen LogP contribution in [0.3, 0.4) is 0 Å². The third kappa shape index (κ3) is 3.17. The zero-order valence-electron chi connectivity index (χ0n) is 12.1. The van der Waals surface area contributed by atoms with Crippen molar-refractivity contribution in [2.24, 2.45) is 0 Å². The third-order valence-corrected chi connectivity index (χ3v) is 3.40. The highest BCUT2D eigenvalue weighted by atomic mass is 19.4. The average Bonchev–Trinajstić information content (AvgIpc) is 2.47. The van der Waals surface area contributed by atoms with E-state index in [1.54, 1.807) is 0 Å². The van der Waals surface area contributed by atoms with E-state index in [4.69, 9.17) is 4.74 Å². The molecule has 0 fully saturated rings. The molecule has 0 spiro atoms. The SMILES string of the molecule is CCOC(=O)C(O)(CC1=c2cccc(F)c2=CCO1)C(F)(F)F. The van der Waals surface area contributed by atoms with Gasteiger partial charge in [0.25, 0.3) is 5.60 Å². The molecule has 1 N–H and O–H groups in total. The minimum atomic E-state index is -5.27. The molecule has 0 saturated heterocycles. The van der Waals surface area contributed by atoms with Gasteiger partial charge in [0, 0.05) is 10.4 Å². The number of carbonyl (C=O) groups excluding carboxylic acids is 1. The van der Waals surface area contributed by atoms with Crippen molar-refractivity contribution in [2.75, 3.05) is 13.2 Å². The largest absolute Gasteiger partial charge is 0.493 e. The van der Waals surface area contributed by atoms with Crippen molar-refractivity contribution in [1.82, 2.24) is 0 Å². The number of rotatable bonds is 4. The smallest absolute Gasteiger partial charge is 0.428 e. The van der Waals surface area contributed by atoms with Gasteiger partial charge in [0.15, 0.2) is 0 Å². The van der Waals surface area contributed by atoms with E-state index in [2.05, 4.69) is 4.74 Å². The van der Waals surface area contributed by atoms with Crippen LogP contribution in [0.2, 0.25) is 0 Å². The first-order valence-corrected chi connectivity index (χ1v) is 6.77. The molecule has 8 heteroatoms. The highest BCUT2D eigenvalue weighted by molar-refractivity contribution is 5.82. The number of alkyl halides is 3. The molecule has 1 aromatic rings. The minimum Gasteiger partial charge on any atom is -0.493 e. The van der Waals surface area contributed by atoms with Crippen LogP contribution in [0.1, 0.15) is 13.3 Å². The molecule has 0 saturated carbocycles. The van der Waals surface area contributed by atoms with Gasteiger partial charge in [-0.3, -0.25) is 0 Å². The van der Waals surface area contributed by atoms with Gasteiger partial charge >= 0.3 is 12.1 Å². The number of benzene rings is 1. The van der Waals surface area contributed by atoms with Crippen molar-refractivity contribution in [3.05, 3.63) is 34.5 Å². The quantitative estimate of drug-likeness (QED) is 0.659. The van der Waals surface area contributed by atoms with Crippen LogP contribution in [-0.2, 0) is 14.3 Å². The second-order valence-electron chi connectivity index (χ2n) is 4.89. The van der Waals surface area contributed by atoms with Gasteiger partial charge in [-0.25, -0.2) is 9.18 Å². The van der Waals surface area contributed by atoms with Crippen LogP contribution in [-0.4, -0.2) is 36.1 Å². The van der Waals surface area contributed by atoms with Crippen molar-refractivity contribution < 1.29 is 36.9 Å². The van der Waals surface area contributed by atoms with Crippen molar-refractivity contribution in [1.29, 1.82) is 0 Å². The van der Waals surface area contributed by atoms with Gasteiger partial charge in [0.1, 0.15) is 18.2 Å². The maximum Gasteiger partial charge on any atom is 0.428 e. The van der Waals surface area contributed by atoms with Crippen molar-refractivity contribution in [3.8, 4) is 0 Å². The summed E-state index contributed by atoms with van der Waals surface area (Å²) in [6, 6.07) is 3.80. The van der Waals surface area contributed by atoms with Crippen LogP contribution in [0.5, 0.6) is 0 Å². The Balaban J connectivity index is 2.55. The molecule has 0 aromatic heterocycles. The molecule has 0 radical (unpaired) electrons. The van der Waals surface area contributed by atoms with Gasteiger partial charge in [0.2, 0.25) is 0 Å². The summed E-state index contributed by atoms with van der Waals surface area (Å²) < 4.78 is 62.7. The maximum atomic E-state index is 13.7. The Bertz CT molecular complexity index is 726. The van der Waals surface area contributed by atoms with Crippen LogP contribution in [0, 0.1) is 5.82 Å². The number of halogens is 4. The van der Waals surface area contributed by atoms with E-state index in [-0.39, 0.29) is 29.4 Å². The summed E-state index contributed by atoms with van der Waals surface area (Å²) >= 11 is 0. The lowest BCUT2D eigenvalue weighted by Crippen LogP contribution is -2.54. The van der Waals surface area contributed by atoms with Gasteiger partial charge in [-0.2, -0.15) is 13.2 Å². The molecule has 0 amide bonds. The predicted molar refractivity (Wildman–Crippen MR) is 71.7 cm³/mol. The van der Waals surface area contributed by atoms with Crippen molar-refractivity contribution >= 4 is 17.8 Å². The fourth-order valence-electron chi connectivity index (χ4n) is 2.21. The summed E-state index contributed by atoms with van der Waals surface area (Å²) in [6.45, 7) is 0.824. The molecule has 1 aliphatic heterocycles. The lowest BCUT2D eigenvalue weighted by atomic mass is 9.96. The third-order valence-electron chi connectivity index (χ3n) is 3.40. The van der Waals surface area contributed by atoms with Gasteiger partial charge in [-0.1, -0.05) is 12.1 Å². The second-order valence-corrected chi connectivity index (χ2v) is 4.89. The number of ether oxygens (including phenoxy) is 2. The molecule has 1 atom stereocenters. The molecule has 1 unspecified atom stereocenters. The van der Waals surface area contributed by atoms with E-state index < -0.39 is 30.0 Å². The molecule has 23 heavy (non-hydrogen) atoms. The van der Waals surface area contributed by atoms with Gasteiger partial charge in [0.05, 0.1) is 13.0 Å². The average molecular weight is 334 g/mol. The zero-order chi connectivity index (χ0) is 17.3. The highest BCUT2D eigenvalue weighted by Gasteiger charge is 2.61. The predicted octanol–water partition coefficient (Wildman–Crippen LogP) is 0.991. The van der Waals surface area contributed by atoms with E-state index in [0.717, 1.165) is 6.07 Å². The van der Waals surface area contributed by atoms with E-state index in [9.17, 15) is 27.5 Å². The normalized spacial score (nSPS) is 16.7. The fraction of sp³-hybridized carbons (Fsp3) is 0.400. The lowest BCUT2D eigenvalue weighted by molar-refractivity contribution is -0.261. The number of esters is 1. The lowest BCUT2D eigenvalue weighted by Gasteiger charge is -2.29. The van der Waals surface area contributed by atoms with E-state index in [0.29, 0.717) is 0 Å². The van der Waals surface area contributed by atoms with Crippen LogP contribution in [0.25, 0.3) is 11.8 Å². The first kappa shape index (κ1) is 17.3. The topological polar surface area (TPSA) is 55.8 Å². The van der Waals surface area contributed by atoms with Crippen LogP contribution in [0.15, 0.2) is 18.2 Å². The van der Waals surface area contributed by atoms with Crippen molar-refractivity contribution in [2.45, 2.75) is 25.1 Å². The van der Waals surface area contributed by atoms with Gasteiger partial charge in [-0.05, 0) is 19.1 Å². The molecule has 0 bridgehead atoms. The summed E-state index contributed by atoms with van der Waals surface area (Å²) in [7, 11) is 0. The first-order chi connectivity index (χ1) is 10.7. The number of fused-ring (bicyclic) bond motifs is 1. The summed E-state index contributed by atoms with van der Waals surface area (Å²) in [5, 5.41) is 10.0. The fourth-order valence-corrected chi connectivity index (χ4v) is 2.21. The maximum absolute atomic E-state index is 13.7. The minimum absolute atomic E-state index is 0.0585. The van der Waals surface area contributed by atoms with E-state index in [1.807, 2.05) is 0 Å². The molecular weight excluding hydrogens is 320 g/mol. The van der Waals surface area contributed by atoms with Crippen LogP contribution < -0.4 is 10.4 Å². The highest BCUT2D eigenvalue weighted by Crippen LogP contribution is 2.37. The van der Waals surface area contributed by atoms with Gasteiger partial charge in [-0.15, -0.1) is 0 Å². The van der Waals surface area contributed by atoms with Gasteiger partial charge < -0.3 is 14.6 Å². The second kappa shape index (κ2) is 6.19. The Kier molecular flexibility index (Phi) is 4.65. The Hall–Kier alpha value is -2.09. The molecule has 126 valence electrons. The standard InChI is InChI=1S/C15H14F4O4/c1-2-22-13(20)14(21,15(17,18)19)8-12-10-4-3-5-11(16)9(10)6-7-23-12/h3-6,21H,2,7-8H2,1H3. The molecule has 4 nitrogen and oxygen atoms in total. The van der Waals surface area contributed by atoms with Crippen LogP contribution >= 0.6 is 0 Å². The molecule has 1 heterocycles. The summed E-state index contributed by atoms with van der Waals surface area (Å²) in [5.74, 6) is -2.78. The van der Waals surface area contributed by atoms with Crippen LogP contribution in [0.4, 0.5) is 17.6 Å². The number of hydrogen-bond donors (Lipinski definition) is 1. The summed E-state index contributed by atoms with van der Waals surface area (Å²) in [6.07, 6.45) is -5.10. The first-order valence-electron chi connectivity index (χ1n) is 6.77. The summed E-state index contributed by atoms with van der Waals surface area (Å²) in [5.41, 5.74) is -3.76. The Morgan fingerprint density at radius 3 is 2.70 bits per heavy atom.